The van der Waals surface area contributed by atoms with Crippen molar-refractivity contribution in [2.75, 3.05) is 31.9 Å². The number of hydrogen-bond acceptors (Lipinski definition) is 5. The van der Waals surface area contributed by atoms with E-state index in [4.69, 9.17) is 4.42 Å². The summed E-state index contributed by atoms with van der Waals surface area (Å²) in [5, 5.41) is 16.9. The summed E-state index contributed by atoms with van der Waals surface area (Å²) >= 11 is 0. The van der Waals surface area contributed by atoms with Gasteiger partial charge in [0.15, 0.2) is 5.96 Å². The van der Waals surface area contributed by atoms with Crippen LogP contribution in [-0.2, 0) is 15.6 Å². The Balaban J connectivity index is 1.88. The lowest BCUT2D eigenvalue weighted by atomic mass is 9.86. The predicted molar refractivity (Wildman–Crippen MR) is 111 cm³/mol. The molecule has 0 spiro atoms. The Morgan fingerprint density at radius 2 is 2.07 bits per heavy atom. The van der Waals surface area contributed by atoms with Gasteiger partial charge in [0.25, 0.3) is 0 Å². The predicted octanol–water partition coefficient (Wildman–Crippen LogP) is 1.38. The van der Waals surface area contributed by atoms with Crippen molar-refractivity contribution in [3.8, 4) is 0 Å². The largest absolute Gasteiger partial charge is 0.466 e. The fraction of sp³-hybridized carbons (Fsp3) is 0.737. The lowest BCUT2D eigenvalue weighted by molar-refractivity contribution is 0.0657. The Bertz CT molecular complexity index is 767. The van der Waals surface area contributed by atoms with Crippen LogP contribution in [-0.4, -0.2) is 51.4 Å². The van der Waals surface area contributed by atoms with Crippen molar-refractivity contribution in [2.45, 2.75) is 52.6 Å². The standard InChI is InChI=1S/C19H34N4O4S/c1-5-20-18(21-9-10-28(25,26)23-12-16-7-6-8-16)22-13-19(4,24)17-11-14(2)27-15(17)3/h11,16,23-24H,5-10,12-13H2,1-4H3,(H2,20,21,22). The first kappa shape index (κ1) is 22.7. The molecule has 1 aliphatic rings. The van der Waals surface area contributed by atoms with Crippen LogP contribution >= 0.6 is 0 Å². The molecular formula is C19H34N4O4S. The molecule has 2 rings (SSSR count). The first-order chi connectivity index (χ1) is 13.1. The van der Waals surface area contributed by atoms with Gasteiger partial charge in [-0.15, -0.1) is 0 Å². The van der Waals surface area contributed by atoms with E-state index in [9.17, 15) is 13.5 Å². The molecule has 1 aromatic heterocycles. The topological polar surface area (TPSA) is 116 Å². The van der Waals surface area contributed by atoms with Crippen LogP contribution in [0.4, 0.5) is 0 Å². The minimum absolute atomic E-state index is 0.0272. The zero-order chi connectivity index (χ0) is 20.8. The SMILES string of the molecule is CCNC(=NCC(C)(O)c1cc(C)oc1C)NCCS(=O)(=O)NCC1CCC1. The number of sulfonamides is 1. The van der Waals surface area contributed by atoms with Gasteiger partial charge in [0.2, 0.25) is 10.0 Å². The van der Waals surface area contributed by atoms with Gasteiger partial charge in [-0.25, -0.2) is 18.1 Å². The molecule has 1 fully saturated rings. The van der Waals surface area contributed by atoms with Crippen molar-refractivity contribution in [3.63, 3.8) is 0 Å². The molecule has 0 bridgehead atoms. The molecule has 160 valence electrons. The van der Waals surface area contributed by atoms with Crippen molar-refractivity contribution in [2.24, 2.45) is 10.9 Å². The molecular weight excluding hydrogens is 380 g/mol. The fourth-order valence-electron chi connectivity index (χ4n) is 3.14. The van der Waals surface area contributed by atoms with Gasteiger partial charge in [-0.2, -0.15) is 0 Å². The van der Waals surface area contributed by atoms with Gasteiger partial charge >= 0.3 is 0 Å². The number of nitrogens with zero attached hydrogens (tertiary/aromatic N) is 1. The second-order valence-electron chi connectivity index (χ2n) is 7.69. The molecule has 0 aromatic carbocycles. The minimum atomic E-state index is -3.31. The van der Waals surface area contributed by atoms with Crippen molar-refractivity contribution in [1.82, 2.24) is 15.4 Å². The molecule has 4 N–H and O–H groups in total. The summed E-state index contributed by atoms with van der Waals surface area (Å²) in [5.41, 5.74) is -0.479. The normalized spacial score (nSPS) is 17.8. The van der Waals surface area contributed by atoms with Crippen LogP contribution in [0.5, 0.6) is 0 Å². The van der Waals surface area contributed by atoms with Crippen LogP contribution in [0.15, 0.2) is 15.5 Å². The molecule has 0 radical (unpaired) electrons. The highest BCUT2D eigenvalue weighted by molar-refractivity contribution is 7.89. The number of rotatable bonds is 10. The lowest BCUT2D eigenvalue weighted by Crippen LogP contribution is -2.42. The summed E-state index contributed by atoms with van der Waals surface area (Å²) in [7, 11) is -3.31. The van der Waals surface area contributed by atoms with Gasteiger partial charge < -0.3 is 20.2 Å². The molecule has 1 unspecified atom stereocenters. The summed E-state index contributed by atoms with van der Waals surface area (Å²) < 4.78 is 32.4. The van der Waals surface area contributed by atoms with Crippen LogP contribution < -0.4 is 15.4 Å². The van der Waals surface area contributed by atoms with Crippen LogP contribution in [0.1, 0.15) is 50.2 Å². The molecule has 1 aliphatic carbocycles. The summed E-state index contributed by atoms with van der Waals surface area (Å²) in [6.07, 6.45) is 3.40. The molecule has 28 heavy (non-hydrogen) atoms. The maximum Gasteiger partial charge on any atom is 0.213 e. The molecule has 8 nitrogen and oxygen atoms in total. The molecule has 1 atom stereocenters. The van der Waals surface area contributed by atoms with Gasteiger partial charge in [-0.05, 0) is 52.5 Å². The lowest BCUT2D eigenvalue weighted by Gasteiger charge is -2.25. The minimum Gasteiger partial charge on any atom is -0.466 e. The number of nitrogens with one attached hydrogen (secondary N) is 3. The number of hydrogen-bond donors (Lipinski definition) is 4. The molecule has 9 heteroatoms. The quantitative estimate of drug-likeness (QED) is 0.340. The van der Waals surface area contributed by atoms with Crippen LogP contribution in [0.2, 0.25) is 0 Å². The van der Waals surface area contributed by atoms with Crippen LogP contribution in [0, 0.1) is 19.8 Å². The summed E-state index contributed by atoms with van der Waals surface area (Å²) in [5.74, 6) is 2.33. The molecule has 0 aliphatic heterocycles. The molecule has 1 heterocycles. The Morgan fingerprint density at radius 1 is 1.36 bits per heavy atom. The number of aliphatic imine (C=N–C) groups is 1. The maximum atomic E-state index is 12.1. The highest BCUT2D eigenvalue weighted by atomic mass is 32.2. The van der Waals surface area contributed by atoms with Crippen molar-refractivity contribution in [3.05, 3.63) is 23.2 Å². The van der Waals surface area contributed by atoms with Gasteiger partial charge in [0.05, 0.1) is 12.3 Å². The van der Waals surface area contributed by atoms with Crippen molar-refractivity contribution < 1.29 is 17.9 Å². The first-order valence-corrected chi connectivity index (χ1v) is 11.6. The summed E-state index contributed by atoms with van der Waals surface area (Å²) in [6.45, 7) is 8.77. The third-order valence-corrected chi connectivity index (χ3v) is 6.34. The monoisotopic (exact) mass is 414 g/mol. The Kier molecular flexibility index (Phi) is 7.91. The fourth-order valence-corrected chi connectivity index (χ4v) is 4.15. The van der Waals surface area contributed by atoms with E-state index in [1.54, 1.807) is 6.92 Å². The summed E-state index contributed by atoms with van der Waals surface area (Å²) in [4.78, 5) is 4.42. The smallest absolute Gasteiger partial charge is 0.213 e. The van der Waals surface area contributed by atoms with E-state index in [2.05, 4.69) is 20.3 Å². The first-order valence-electron chi connectivity index (χ1n) is 9.92. The van der Waals surface area contributed by atoms with Crippen LogP contribution in [0.3, 0.4) is 0 Å². The van der Waals surface area contributed by atoms with E-state index >= 15 is 0 Å². The molecule has 1 saturated carbocycles. The maximum absolute atomic E-state index is 12.1. The zero-order valence-corrected chi connectivity index (χ0v) is 18.2. The van der Waals surface area contributed by atoms with E-state index in [-0.39, 0.29) is 18.8 Å². The third-order valence-electron chi connectivity index (χ3n) is 4.99. The molecule has 0 saturated heterocycles. The number of furan rings is 1. The van der Waals surface area contributed by atoms with Gasteiger partial charge in [-0.3, -0.25) is 0 Å². The summed E-state index contributed by atoms with van der Waals surface area (Å²) in [6, 6.07) is 1.81. The van der Waals surface area contributed by atoms with Gasteiger partial charge in [0.1, 0.15) is 17.1 Å². The molecule has 1 aromatic rings. The van der Waals surface area contributed by atoms with Gasteiger partial charge in [-0.1, -0.05) is 6.42 Å². The van der Waals surface area contributed by atoms with E-state index in [1.807, 2.05) is 26.8 Å². The number of guanidine groups is 1. The second-order valence-corrected chi connectivity index (χ2v) is 9.61. The molecule has 0 amide bonds. The van der Waals surface area contributed by atoms with E-state index in [0.29, 0.717) is 36.3 Å². The number of aliphatic hydroxyl groups is 1. The average Bonchev–Trinajstić information content (AvgIpc) is 2.90. The van der Waals surface area contributed by atoms with E-state index < -0.39 is 15.6 Å². The Morgan fingerprint density at radius 3 is 2.61 bits per heavy atom. The third kappa shape index (κ3) is 6.79. The van der Waals surface area contributed by atoms with Crippen molar-refractivity contribution in [1.29, 1.82) is 0 Å². The van der Waals surface area contributed by atoms with Crippen LogP contribution in [0.25, 0.3) is 0 Å². The zero-order valence-electron chi connectivity index (χ0n) is 17.3. The highest BCUT2D eigenvalue weighted by Gasteiger charge is 2.27. The second kappa shape index (κ2) is 9.76. The highest BCUT2D eigenvalue weighted by Crippen LogP contribution is 2.27. The van der Waals surface area contributed by atoms with Gasteiger partial charge in [0, 0.05) is 25.2 Å². The average molecular weight is 415 g/mol. The number of aryl methyl sites for hydroxylation is 2. The van der Waals surface area contributed by atoms with Crippen molar-refractivity contribution >= 4 is 16.0 Å². The Labute approximate surface area is 168 Å². The van der Waals surface area contributed by atoms with E-state index in [1.165, 1.54) is 6.42 Å². The Hall–Kier alpha value is -1.58. The van der Waals surface area contributed by atoms with E-state index in [0.717, 1.165) is 18.6 Å².